The van der Waals surface area contributed by atoms with E-state index in [0.29, 0.717) is 0 Å². The van der Waals surface area contributed by atoms with Crippen molar-refractivity contribution in [2.75, 3.05) is 44.8 Å². The number of β-amino-alcohol motifs (C(OH)–C–C–N with tert-alkyl or cyclic N) is 1. The van der Waals surface area contributed by atoms with Crippen LogP contribution in [0.15, 0.2) is 64.4 Å². The SMILES string of the molecule is OCCN1CCN(Nc2ccccc2Sc2ccccc2)CC1. The van der Waals surface area contributed by atoms with Crippen molar-refractivity contribution in [3.05, 3.63) is 54.6 Å². The number of aliphatic hydroxyl groups is 1. The molecule has 2 aromatic rings. The number of hydrogen-bond donors (Lipinski definition) is 2. The predicted molar refractivity (Wildman–Crippen MR) is 95.7 cm³/mol. The number of hydrogen-bond acceptors (Lipinski definition) is 5. The minimum atomic E-state index is 0.240. The lowest BCUT2D eigenvalue weighted by Gasteiger charge is -2.35. The molecule has 0 amide bonds. The fourth-order valence-corrected chi connectivity index (χ4v) is 3.58. The summed E-state index contributed by atoms with van der Waals surface area (Å²) in [6.45, 7) is 4.91. The summed E-state index contributed by atoms with van der Waals surface area (Å²) >= 11 is 1.78. The van der Waals surface area contributed by atoms with Crippen molar-refractivity contribution in [3.63, 3.8) is 0 Å². The first-order valence-electron chi connectivity index (χ1n) is 8.02. The van der Waals surface area contributed by atoms with Crippen molar-refractivity contribution in [3.8, 4) is 0 Å². The molecule has 0 aliphatic carbocycles. The fourth-order valence-electron chi connectivity index (χ4n) is 2.66. The van der Waals surface area contributed by atoms with E-state index in [9.17, 15) is 0 Å². The number of rotatable bonds is 6. The number of nitrogens with one attached hydrogen (secondary N) is 1. The normalized spacial score (nSPS) is 16.4. The van der Waals surface area contributed by atoms with E-state index in [4.69, 9.17) is 5.11 Å². The van der Waals surface area contributed by atoms with Gasteiger partial charge < -0.3 is 10.5 Å². The van der Waals surface area contributed by atoms with Gasteiger partial charge in [-0.1, -0.05) is 42.1 Å². The van der Waals surface area contributed by atoms with Crippen LogP contribution in [-0.2, 0) is 0 Å². The molecule has 2 aromatic carbocycles. The molecule has 0 bridgehead atoms. The second-order valence-electron chi connectivity index (χ2n) is 5.58. The Hall–Kier alpha value is -1.53. The molecule has 0 unspecified atom stereocenters. The van der Waals surface area contributed by atoms with Gasteiger partial charge in [0.15, 0.2) is 0 Å². The van der Waals surface area contributed by atoms with E-state index in [0.717, 1.165) is 38.4 Å². The molecule has 1 saturated heterocycles. The van der Waals surface area contributed by atoms with E-state index in [1.165, 1.54) is 9.79 Å². The molecular formula is C18H23N3OS. The average Bonchev–Trinajstić information content (AvgIpc) is 2.60. The Morgan fingerprint density at radius 1 is 0.913 bits per heavy atom. The minimum absolute atomic E-state index is 0.240. The summed E-state index contributed by atoms with van der Waals surface area (Å²) in [6, 6.07) is 18.9. The van der Waals surface area contributed by atoms with Crippen LogP contribution in [0, 0.1) is 0 Å². The molecule has 1 aliphatic rings. The van der Waals surface area contributed by atoms with E-state index in [2.05, 4.69) is 63.9 Å². The van der Waals surface area contributed by atoms with Crippen LogP contribution in [-0.4, -0.2) is 54.3 Å². The van der Waals surface area contributed by atoms with Crippen molar-refractivity contribution in [1.29, 1.82) is 0 Å². The molecule has 5 heteroatoms. The maximum Gasteiger partial charge on any atom is 0.0629 e. The number of benzene rings is 2. The molecule has 0 saturated carbocycles. The zero-order valence-corrected chi connectivity index (χ0v) is 14.0. The highest BCUT2D eigenvalue weighted by atomic mass is 32.2. The third-order valence-corrected chi connectivity index (χ3v) is 5.01. The third-order valence-electron chi connectivity index (χ3n) is 3.93. The summed E-state index contributed by atoms with van der Waals surface area (Å²) in [5.74, 6) is 0. The lowest BCUT2D eigenvalue weighted by Crippen LogP contribution is -2.49. The van der Waals surface area contributed by atoms with E-state index >= 15 is 0 Å². The first-order valence-corrected chi connectivity index (χ1v) is 8.83. The molecule has 0 atom stereocenters. The predicted octanol–water partition coefficient (Wildman–Crippen LogP) is 2.77. The number of anilines is 1. The van der Waals surface area contributed by atoms with Gasteiger partial charge in [-0.05, 0) is 24.3 Å². The fraction of sp³-hybridized carbons (Fsp3) is 0.333. The lowest BCUT2D eigenvalue weighted by atomic mass is 10.3. The van der Waals surface area contributed by atoms with Crippen molar-refractivity contribution < 1.29 is 5.11 Å². The summed E-state index contributed by atoms with van der Waals surface area (Å²) in [5, 5.41) is 11.3. The molecule has 1 fully saturated rings. The first kappa shape index (κ1) is 16.3. The quantitative estimate of drug-likeness (QED) is 0.853. The Balaban J connectivity index is 1.62. The number of piperazine rings is 1. The Morgan fingerprint density at radius 3 is 2.35 bits per heavy atom. The first-order chi connectivity index (χ1) is 11.3. The highest BCUT2D eigenvalue weighted by Gasteiger charge is 2.17. The molecule has 3 rings (SSSR count). The summed E-state index contributed by atoms with van der Waals surface area (Å²) < 4.78 is 0. The molecule has 4 nitrogen and oxygen atoms in total. The van der Waals surface area contributed by atoms with Gasteiger partial charge in [-0.25, -0.2) is 5.01 Å². The van der Waals surface area contributed by atoms with Gasteiger partial charge >= 0.3 is 0 Å². The molecule has 122 valence electrons. The Morgan fingerprint density at radius 2 is 1.61 bits per heavy atom. The van der Waals surface area contributed by atoms with Crippen LogP contribution in [0.4, 0.5) is 5.69 Å². The van der Waals surface area contributed by atoms with Crippen molar-refractivity contribution in [1.82, 2.24) is 9.91 Å². The Kier molecular flexibility index (Phi) is 5.93. The van der Waals surface area contributed by atoms with Crippen LogP contribution in [0.5, 0.6) is 0 Å². The molecule has 2 N–H and O–H groups in total. The summed E-state index contributed by atoms with van der Waals surface area (Å²) in [6.07, 6.45) is 0. The zero-order valence-electron chi connectivity index (χ0n) is 13.2. The molecule has 0 aromatic heterocycles. The second kappa shape index (κ2) is 8.36. The second-order valence-corrected chi connectivity index (χ2v) is 6.69. The Labute approximate surface area is 142 Å². The number of aliphatic hydroxyl groups excluding tert-OH is 1. The van der Waals surface area contributed by atoms with Gasteiger partial charge in [-0.2, -0.15) is 0 Å². The van der Waals surface area contributed by atoms with Crippen LogP contribution >= 0.6 is 11.8 Å². The van der Waals surface area contributed by atoms with Gasteiger partial charge in [0.2, 0.25) is 0 Å². The highest BCUT2D eigenvalue weighted by molar-refractivity contribution is 7.99. The minimum Gasteiger partial charge on any atom is -0.395 e. The van der Waals surface area contributed by atoms with Crippen molar-refractivity contribution >= 4 is 17.4 Å². The van der Waals surface area contributed by atoms with Gasteiger partial charge in [0, 0.05) is 42.5 Å². The summed E-state index contributed by atoms with van der Waals surface area (Å²) in [5.41, 5.74) is 4.71. The number of hydrazine groups is 1. The molecule has 0 spiro atoms. The standard InChI is InChI=1S/C18H23N3OS/c22-15-14-20-10-12-21(13-11-20)19-17-8-4-5-9-18(17)23-16-6-2-1-3-7-16/h1-9,19,22H,10-15H2. The van der Waals surface area contributed by atoms with E-state index < -0.39 is 0 Å². The lowest BCUT2D eigenvalue weighted by molar-refractivity contribution is 0.127. The molecule has 1 aliphatic heterocycles. The van der Waals surface area contributed by atoms with E-state index in [-0.39, 0.29) is 6.61 Å². The molecule has 1 heterocycles. The van der Waals surface area contributed by atoms with Gasteiger partial charge in [-0.15, -0.1) is 0 Å². The molecule has 0 radical (unpaired) electrons. The maximum atomic E-state index is 9.02. The Bertz CT molecular complexity index is 600. The van der Waals surface area contributed by atoms with Crippen molar-refractivity contribution in [2.45, 2.75) is 9.79 Å². The van der Waals surface area contributed by atoms with Gasteiger partial charge in [0.25, 0.3) is 0 Å². The zero-order chi connectivity index (χ0) is 15.9. The van der Waals surface area contributed by atoms with Gasteiger partial charge in [-0.3, -0.25) is 4.90 Å². The highest BCUT2D eigenvalue weighted by Crippen LogP contribution is 2.33. The summed E-state index contributed by atoms with van der Waals surface area (Å²) in [4.78, 5) is 4.77. The topological polar surface area (TPSA) is 38.7 Å². The summed E-state index contributed by atoms with van der Waals surface area (Å²) in [7, 11) is 0. The van der Waals surface area contributed by atoms with Crippen LogP contribution in [0.25, 0.3) is 0 Å². The molecular weight excluding hydrogens is 306 g/mol. The average molecular weight is 329 g/mol. The monoisotopic (exact) mass is 329 g/mol. The van der Waals surface area contributed by atoms with Crippen LogP contribution in [0.1, 0.15) is 0 Å². The molecule has 23 heavy (non-hydrogen) atoms. The van der Waals surface area contributed by atoms with Gasteiger partial charge in [0.1, 0.15) is 0 Å². The smallest absolute Gasteiger partial charge is 0.0629 e. The largest absolute Gasteiger partial charge is 0.395 e. The van der Waals surface area contributed by atoms with Gasteiger partial charge in [0.05, 0.1) is 12.3 Å². The number of para-hydroxylation sites is 1. The number of nitrogens with zero attached hydrogens (tertiary/aromatic N) is 2. The van der Waals surface area contributed by atoms with Crippen LogP contribution < -0.4 is 5.43 Å². The third kappa shape index (κ3) is 4.72. The van der Waals surface area contributed by atoms with Crippen LogP contribution in [0.2, 0.25) is 0 Å². The van der Waals surface area contributed by atoms with Crippen LogP contribution in [0.3, 0.4) is 0 Å². The van der Waals surface area contributed by atoms with E-state index in [1.807, 2.05) is 6.07 Å². The van der Waals surface area contributed by atoms with Crippen molar-refractivity contribution in [2.24, 2.45) is 0 Å². The van der Waals surface area contributed by atoms with E-state index in [1.54, 1.807) is 11.8 Å². The maximum absolute atomic E-state index is 9.02.